The van der Waals surface area contributed by atoms with Crippen LogP contribution in [0.1, 0.15) is 30.1 Å². The highest BCUT2D eigenvalue weighted by molar-refractivity contribution is 7.99. The van der Waals surface area contributed by atoms with Crippen LogP contribution in [0.2, 0.25) is 0 Å². The molecule has 0 bridgehead atoms. The molecule has 1 N–H and O–H groups in total. The number of nitrogens with zero attached hydrogens (tertiary/aromatic N) is 3. The third-order valence-corrected chi connectivity index (χ3v) is 4.12. The van der Waals surface area contributed by atoms with E-state index in [4.69, 9.17) is 5.11 Å². The van der Waals surface area contributed by atoms with Crippen molar-refractivity contribution in [2.45, 2.75) is 30.8 Å². The lowest BCUT2D eigenvalue weighted by molar-refractivity contribution is -0.133. The summed E-state index contributed by atoms with van der Waals surface area (Å²) >= 11 is 1.10. The molecule has 3 rings (SSSR count). The van der Waals surface area contributed by atoms with Crippen LogP contribution >= 0.6 is 11.8 Å². The summed E-state index contributed by atoms with van der Waals surface area (Å²) in [7, 11) is 0. The van der Waals surface area contributed by atoms with E-state index in [1.807, 2.05) is 13.0 Å². The normalized spacial score (nSPS) is 14.4. The second-order valence-electron chi connectivity index (χ2n) is 5.12. The molecule has 0 unspecified atom stereocenters. The van der Waals surface area contributed by atoms with Crippen molar-refractivity contribution in [1.82, 2.24) is 14.8 Å². The molecule has 0 atom stereocenters. The predicted octanol–water partition coefficient (Wildman–Crippen LogP) is 2.77. The van der Waals surface area contributed by atoms with E-state index in [2.05, 4.69) is 10.2 Å². The first-order valence-electron chi connectivity index (χ1n) is 6.62. The fourth-order valence-corrected chi connectivity index (χ4v) is 2.87. The van der Waals surface area contributed by atoms with Crippen molar-refractivity contribution in [3.8, 4) is 5.69 Å². The molecule has 0 saturated heterocycles. The zero-order valence-corrected chi connectivity index (χ0v) is 12.2. The number of hydrogen-bond donors (Lipinski definition) is 1. The third-order valence-electron chi connectivity index (χ3n) is 3.21. The van der Waals surface area contributed by atoms with Crippen LogP contribution in [0.3, 0.4) is 0 Å². The Kier molecular flexibility index (Phi) is 3.67. The van der Waals surface area contributed by atoms with E-state index in [1.54, 1.807) is 4.57 Å². The summed E-state index contributed by atoms with van der Waals surface area (Å²) in [6.45, 7) is 1.82. The number of rotatable bonds is 5. The minimum Gasteiger partial charge on any atom is -0.481 e. The SMILES string of the molecule is Cc1cc(F)cc(-n2c(SCC(=O)O)nnc2C2CC2)c1. The zero-order chi connectivity index (χ0) is 15.0. The molecule has 1 fully saturated rings. The number of carbonyl (C=O) groups is 1. The van der Waals surface area contributed by atoms with Crippen LogP contribution in [0.25, 0.3) is 5.69 Å². The number of aromatic nitrogens is 3. The number of carboxylic acid groups (broad SMARTS) is 1. The van der Waals surface area contributed by atoms with E-state index >= 15 is 0 Å². The van der Waals surface area contributed by atoms with Crippen LogP contribution in [0, 0.1) is 12.7 Å². The van der Waals surface area contributed by atoms with Crippen molar-refractivity contribution < 1.29 is 14.3 Å². The first kappa shape index (κ1) is 14.1. The van der Waals surface area contributed by atoms with Crippen LogP contribution in [0.4, 0.5) is 4.39 Å². The minimum absolute atomic E-state index is 0.100. The van der Waals surface area contributed by atoms with Crippen molar-refractivity contribution in [1.29, 1.82) is 0 Å². The van der Waals surface area contributed by atoms with Gasteiger partial charge in [-0.2, -0.15) is 0 Å². The highest BCUT2D eigenvalue weighted by Crippen LogP contribution is 2.41. The third kappa shape index (κ3) is 3.07. The van der Waals surface area contributed by atoms with Gasteiger partial charge in [0.1, 0.15) is 11.6 Å². The Morgan fingerprint density at radius 3 is 2.81 bits per heavy atom. The lowest BCUT2D eigenvalue weighted by atomic mass is 10.2. The van der Waals surface area contributed by atoms with E-state index in [1.165, 1.54) is 12.1 Å². The van der Waals surface area contributed by atoms with Gasteiger partial charge in [-0.15, -0.1) is 10.2 Å². The maximum Gasteiger partial charge on any atom is 0.313 e. The predicted molar refractivity (Wildman–Crippen MR) is 76.4 cm³/mol. The largest absolute Gasteiger partial charge is 0.481 e. The van der Waals surface area contributed by atoms with Crippen molar-refractivity contribution in [3.05, 3.63) is 35.4 Å². The lowest BCUT2D eigenvalue weighted by Gasteiger charge is -2.10. The maximum atomic E-state index is 13.7. The van der Waals surface area contributed by atoms with Crippen molar-refractivity contribution >= 4 is 17.7 Å². The molecule has 1 heterocycles. The number of hydrogen-bond acceptors (Lipinski definition) is 4. The molecule has 0 radical (unpaired) electrons. The van der Waals surface area contributed by atoms with E-state index in [-0.39, 0.29) is 11.6 Å². The summed E-state index contributed by atoms with van der Waals surface area (Å²) < 4.78 is 15.4. The summed E-state index contributed by atoms with van der Waals surface area (Å²) in [4.78, 5) is 10.7. The Hall–Kier alpha value is -1.89. The fraction of sp³-hybridized carbons (Fsp3) is 0.357. The number of thioether (sulfide) groups is 1. The molecule has 2 aromatic rings. The van der Waals surface area contributed by atoms with E-state index < -0.39 is 5.97 Å². The Bertz CT molecular complexity index is 677. The molecule has 0 aliphatic heterocycles. The Morgan fingerprint density at radius 1 is 1.43 bits per heavy atom. The van der Waals surface area contributed by atoms with Gasteiger partial charge < -0.3 is 5.11 Å². The van der Waals surface area contributed by atoms with Gasteiger partial charge in [-0.25, -0.2) is 4.39 Å². The molecule has 1 aliphatic carbocycles. The quantitative estimate of drug-likeness (QED) is 0.860. The van der Waals surface area contributed by atoms with Crippen LogP contribution < -0.4 is 0 Å². The monoisotopic (exact) mass is 307 g/mol. The van der Waals surface area contributed by atoms with Gasteiger partial charge in [0, 0.05) is 5.92 Å². The highest BCUT2D eigenvalue weighted by atomic mass is 32.2. The van der Waals surface area contributed by atoms with Gasteiger partial charge in [-0.1, -0.05) is 11.8 Å². The Labute approximate surface area is 125 Å². The number of aryl methyl sites for hydroxylation is 1. The highest BCUT2D eigenvalue weighted by Gasteiger charge is 2.31. The van der Waals surface area contributed by atoms with Crippen molar-refractivity contribution in [3.63, 3.8) is 0 Å². The van der Waals surface area contributed by atoms with E-state index in [0.29, 0.717) is 16.8 Å². The Balaban J connectivity index is 2.04. The fourth-order valence-electron chi connectivity index (χ4n) is 2.20. The van der Waals surface area contributed by atoms with Crippen LogP contribution in [-0.2, 0) is 4.79 Å². The summed E-state index contributed by atoms with van der Waals surface area (Å²) in [5.41, 5.74) is 1.45. The van der Waals surface area contributed by atoms with Gasteiger partial charge in [0.2, 0.25) is 0 Å². The number of halogens is 1. The van der Waals surface area contributed by atoms with Crippen molar-refractivity contribution in [2.75, 3.05) is 5.75 Å². The van der Waals surface area contributed by atoms with Gasteiger partial charge >= 0.3 is 5.97 Å². The minimum atomic E-state index is -0.919. The number of carboxylic acids is 1. The van der Waals surface area contributed by atoms with Gasteiger partial charge in [0.25, 0.3) is 0 Å². The van der Waals surface area contributed by atoms with Crippen LogP contribution in [-0.4, -0.2) is 31.6 Å². The van der Waals surface area contributed by atoms with Gasteiger partial charge in [0.15, 0.2) is 5.16 Å². The summed E-state index contributed by atoms with van der Waals surface area (Å²) in [5, 5.41) is 17.5. The second kappa shape index (κ2) is 5.48. The second-order valence-corrected chi connectivity index (χ2v) is 6.06. The summed E-state index contributed by atoms with van der Waals surface area (Å²) in [6.07, 6.45) is 2.08. The lowest BCUT2D eigenvalue weighted by Crippen LogP contribution is -2.05. The molecular formula is C14H14FN3O2S. The van der Waals surface area contributed by atoms with Gasteiger partial charge in [-0.3, -0.25) is 9.36 Å². The van der Waals surface area contributed by atoms with Crippen molar-refractivity contribution in [2.24, 2.45) is 0 Å². The molecule has 1 aliphatic rings. The maximum absolute atomic E-state index is 13.7. The molecular weight excluding hydrogens is 293 g/mol. The molecule has 0 amide bonds. The van der Waals surface area contributed by atoms with E-state index in [9.17, 15) is 9.18 Å². The molecule has 7 heteroatoms. The molecule has 5 nitrogen and oxygen atoms in total. The average molecular weight is 307 g/mol. The standard InChI is InChI=1S/C14H14FN3O2S/c1-8-4-10(15)6-11(5-8)18-13(9-2-3-9)16-17-14(18)21-7-12(19)20/h4-6,9H,2-3,7H2,1H3,(H,19,20). The molecule has 1 aromatic heterocycles. The number of benzene rings is 1. The van der Waals surface area contributed by atoms with Gasteiger partial charge in [-0.05, 0) is 43.5 Å². The Morgan fingerprint density at radius 2 is 2.19 bits per heavy atom. The molecule has 1 saturated carbocycles. The van der Waals surface area contributed by atoms with E-state index in [0.717, 1.165) is 36.0 Å². The topological polar surface area (TPSA) is 68.0 Å². The first-order chi connectivity index (χ1) is 10.0. The van der Waals surface area contributed by atoms with Crippen LogP contribution in [0.15, 0.2) is 23.4 Å². The summed E-state index contributed by atoms with van der Waals surface area (Å²) in [5.74, 6) is -0.224. The average Bonchev–Trinajstić information content (AvgIpc) is 3.15. The molecule has 21 heavy (non-hydrogen) atoms. The molecule has 0 spiro atoms. The number of aliphatic carboxylic acids is 1. The smallest absolute Gasteiger partial charge is 0.313 e. The first-order valence-corrected chi connectivity index (χ1v) is 7.60. The molecule has 110 valence electrons. The van der Waals surface area contributed by atoms with Crippen LogP contribution in [0.5, 0.6) is 0 Å². The summed E-state index contributed by atoms with van der Waals surface area (Å²) in [6, 6.07) is 4.73. The van der Waals surface area contributed by atoms with Gasteiger partial charge in [0.05, 0.1) is 11.4 Å². The molecule has 1 aromatic carbocycles. The zero-order valence-electron chi connectivity index (χ0n) is 11.4.